The van der Waals surface area contributed by atoms with Gasteiger partial charge in [0.15, 0.2) is 11.2 Å². The lowest BCUT2D eigenvalue weighted by molar-refractivity contribution is 0.0697. The van der Waals surface area contributed by atoms with Gasteiger partial charge in [-0.15, -0.1) is 0 Å². The number of carboxylic acids is 1. The highest BCUT2D eigenvalue weighted by atomic mass is 16.4. The van der Waals surface area contributed by atoms with Crippen LogP contribution in [-0.2, 0) is 0 Å². The first-order chi connectivity index (χ1) is 14.6. The lowest BCUT2D eigenvalue weighted by Crippen LogP contribution is -2.20. The van der Waals surface area contributed by atoms with Gasteiger partial charge < -0.3 is 9.52 Å². The van der Waals surface area contributed by atoms with Gasteiger partial charge in [0, 0.05) is 33.6 Å². The summed E-state index contributed by atoms with van der Waals surface area (Å²) in [6.45, 7) is 7.32. The lowest BCUT2D eigenvalue weighted by atomic mass is 9.84. The summed E-state index contributed by atoms with van der Waals surface area (Å²) in [6, 6.07) is 14.9. The van der Waals surface area contributed by atoms with Crippen LogP contribution in [0.5, 0.6) is 0 Å². The van der Waals surface area contributed by atoms with Crippen molar-refractivity contribution in [3.63, 3.8) is 0 Å². The van der Waals surface area contributed by atoms with Crippen LogP contribution in [0.1, 0.15) is 47.1 Å². The highest BCUT2D eigenvalue weighted by Crippen LogP contribution is 2.41. The molecule has 0 radical (unpaired) electrons. The molecule has 0 amide bonds. The SMILES string of the molecule is Cc1ccc2c(-c3ccc(C(=O)C(C)(C)C)cc3C(=O)O)c3ccc(=O)cc-3oc2c1. The monoisotopic (exact) mass is 414 g/mol. The van der Waals surface area contributed by atoms with Gasteiger partial charge in [-0.3, -0.25) is 9.59 Å². The van der Waals surface area contributed by atoms with E-state index >= 15 is 0 Å². The Balaban J connectivity index is 2.09. The molecule has 1 aliphatic heterocycles. The average molecular weight is 414 g/mol. The molecule has 5 nitrogen and oxygen atoms in total. The van der Waals surface area contributed by atoms with Gasteiger partial charge in [-0.25, -0.2) is 4.79 Å². The van der Waals surface area contributed by atoms with Crippen molar-refractivity contribution >= 4 is 22.7 Å². The predicted molar refractivity (Wildman–Crippen MR) is 120 cm³/mol. The second-order valence-corrected chi connectivity index (χ2v) is 8.78. The van der Waals surface area contributed by atoms with Crippen molar-refractivity contribution in [1.29, 1.82) is 0 Å². The molecule has 0 bridgehead atoms. The summed E-state index contributed by atoms with van der Waals surface area (Å²) in [6.07, 6.45) is 0. The second-order valence-electron chi connectivity index (χ2n) is 8.78. The van der Waals surface area contributed by atoms with Crippen molar-refractivity contribution in [3.8, 4) is 22.5 Å². The van der Waals surface area contributed by atoms with E-state index in [1.807, 2.05) is 25.1 Å². The quantitative estimate of drug-likeness (QED) is 0.338. The van der Waals surface area contributed by atoms with E-state index in [9.17, 15) is 19.5 Å². The van der Waals surface area contributed by atoms with E-state index in [1.165, 1.54) is 18.2 Å². The van der Waals surface area contributed by atoms with Crippen molar-refractivity contribution in [2.75, 3.05) is 0 Å². The number of benzene rings is 3. The van der Waals surface area contributed by atoms with Gasteiger partial charge in [0.25, 0.3) is 0 Å². The van der Waals surface area contributed by atoms with Crippen LogP contribution in [0.4, 0.5) is 0 Å². The number of hydrogen-bond acceptors (Lipinski definition) is 4. The molecule has 2 aromatic rings. The number of ketones is 1. The molecule has 31 heavy (non-hydrogen) atoms. The number of carbonyl (C=O) groups is 2. The summed E-state index contributed by atoms with van der Waals surface area (Å²) in [5.41, 5.74) is 2.83. The second kappa shape index (κ2) is 7.20. The van der Waals surface area contributed by atoms with Crippen LogP contribution in [0.3, 0.4) is 0 Å². The smallest absolute Gasteiger partial charge is 0.336 e. The summed E-state index contributed by atoms with van der Waals surface area (Å²) >= 11 is 0. The van der Waals surface area contributed by atoms with Crippen molar-refractivity contribution < 1.29 is 19.1 Å². The van der Waals surface area contributed by atoms with Crippen molar-refractivity contribution in [2.24, 2.45) is 5.41 Å². The fourth-order valence-corrected chi connectivity index (χ4v) is 3.78. The molecule has 0 fully saturated rings. The molecule has 0 unspecified atom stereocenters. The Morgan fingerprint density at radius 2 is 1.61 bits per heavy atom. The summed E-state index contributed by atoms with van der Waals surface area (Å²) in [7, 11) is 0. The molecule has 0 aromatic heterocycles. The van der Waals surface area contributed by atoms with E-state index in [4.69, 9.17) is 4.42 Å². The Morgan fingerprint density at radius 1 is 0.903 bits per heavy atom. The standard InChI is InChI=1S/C26H22O5/c1-14-5-8-18-21(11-14)31-22-13-16(27)7-10-19(22)23(18)17-9-6-15(12-20(17)25(29)30)24(28)26(2,3)4/h5-13H,1-4H3,(H,29,30). The Kier molecular flexibility index (Phi) is 4.77. The van der Waals surface area contributed by atoms with E-state index in [-0.39, 0.29) is 16.8 Å². The minimum absolute atomic E-state index is 0.0238. The van der Waals surface area contributed by atoms with Crippen molar-refractivity contribution in [2.45, 2.75) is 27.7 Å². The minimum atomic E-state index is -1.13. The zero-order valence-corrected chi connectivity index (χ0v) is 17.8. The van der Waals surface area contributed by atoms with Gasteiger partial charge in [0.2, 0.25) is 0 Å². The van der Waals surface area contributed by atoms with Crippen LogP contribution in [-0.4, -0.2) is 16.9 Å². The van der Waals surface area contributed by atoms with Gasteiger partial charge in [0.1, 0.15) is 11.3 Å². The number of hydrogen-bond donors (Lipinski definition) is 1. The third-order valence-corrected chi connectivity index (χ3v) is 5.31. The zero-order valence-electron chi connectivity index (χ0n) is 17.8. The minimum Gasteiger partial charge on any atom is -0.478 e. The fourth-order valence-electron chi connectivity index (χ4n) is 3.78. The average Bonchev–Trinajstić information content (AvgIpc) is 2.70. The maximum absolute atomic E-state index is 12.7. The zero-order chi connectivity index (χ0) is 22.5. The molecule has 0 saturated carbocycles. The van der Waals surface area contributed by atoms with Crippen LogP contribution >= 0.6 is 0 Å². The summed E-state index contributed by atoms with van der Waals surface area (Å²) in [5, 5.41) is 10.7. The van der Waals surface area contributed by atoms with Crippen LogP contribution < -0.4 is 5.43 Å². The van der Waals surface area contributed by atoms with E-state index in [1.54, 1.807) is 39.0 Å². The maximum Gasteiger partial charge on any atom is 0.336 e. The molecule has 0 spiro atoms. The first kappa shape index (κ1) is 20.5. The molecule has 156 valence electrons. The van der Waals surface area contributed by atoms with Crippen LogP contribution in [0.2, 0.25) is 0 Å². The van der Waals surface area contributed by atoms with E-state index in [0.717, 1.165) is 10.9 Å². The Bertz CT molecular complexity index is 1390. The Morgan fingerprint density at radius 3 is 2.29 bits per heavy atom. The topological polar surface area (TPSA) is 84.6 Å². The van der Waals surface area contributed by atoms with E-state index in [2.05, 4.69) is 0 Å². The number of fused-ring (bicyclic) bond motifs is 2. The lowest BCUT2D eigenvalue weighted by Gasteiger charge is -2.19. The highest BCUT2D eigenvalue weighted by Gasteiger charge is 2.26. The van der Waals surface area contributed by atoms with E-state index < -0.39 is 11.4 Å². The molecule has 5 heteroatoms. The number of aromatic carboxylic acids is 1. The number of aryl methyl sites for hydroxylation is 1. The molecule has 0 saturated heterocycles. The van der Waals surface area contributed by atoms with E-state index in [0.29, 0.717) is 33.6 Å². The maximum atomic E-state index is 12.7. The third kappa shape index (κ3) is 3.63. The van der Waals surface area contributed by atoms with Gasteiger partial charge in [-0.05, 0) is 42.3 Å². The Labute approximate surface area is 179 Å². The van der Waals surface area contributed by atoms with Gasteiger partial charge in [-0.2, -0.15) is 0 Å². The largest absolute Gasteiger partial charge is 0.478 e. The van der Waals surface area contributed by atoms with Crippen LogP contribution in [0, 0.1) is 12.3 Å². The molecule has 1 heterocycles. The summed E-state index contributed by atoms with van der Waals surface area (Å²) in [5.74, 6) is -0.883. The normalized spacial score (nSPS) is 11.7. The first-order valence-electron chi connectivity index (χ1n) is 9.96. The molecular weight excluding hydrogens is 392 g/mol. The fraction of sp³-hybridized carbons (Fsp3) is 0.192. The first-order valence-corrected chi connectivity index (χ1v) is 9.96. The third-order valence-electron chi connectivity index (χ3n) is 5.31. The van der Waals surface area contributed by atoms with Gasteiger partial charge in [-0.1, -0.05) is 45.0 Å². The van der Waals surface area contributed by atoms with Crippen molar-refractivity contribution in [3.05, 3.63) is 81.5 Å². The van der Waals surface area contributed by atoms with Crippen LogP contribution in [0.15, 0.2) is 63.8 Å². The van der Waals surface area contributed by atoms with Gasteiger partial charge in [0.05, 0.1) is 5.56 Å². The van der Waals surface area contributed by atoms with Crippen molar-refractivity contribution in [1.82, 2.24) is 0 Å². The predicted octanol–water partition coefficient (Wildman–Crippen LogP) is 5.80. The molecule has 1 aliphatic carbocycles. The molecule has 2 aromatic carbocycles. The molecular formula is C26H22O5. The number of rotatable bonds is 3. The summed E-state index contributed by atoms with van der Waals surface area (Å²) < 4.78 is 5.98. The molecule has 0 atom stereocenters. The number of carbonyl (C=O) groups excluding carboxylic acids is 1. The summed E-state index contributed by atoms with van der Waals surface area (Å²) in [4.78, 5) is 36.9. The Hall–Kier alpha value is -3.73. The molecule has 1 N–H and O–H groups in total. The number of carboxylic acid groups (broad SMARTS) is 1. The number of Topliss-reactive ketones (excluding diaryl/α,β-unsaturated/α-hetero) is 1. The van der Waals surface area contributed by atoms with Crippen LogP contribution in [0.25, 0.3) is 33.4 Å². The molecule has 4 rings (SSSR count). The van der Waals surface area contributed by atoms with Gasteiger partial charge >= 0.3 is 5.97 Å². The molecule has 2 aliphatic rings. The highest BCUT2D eigenvalue weighted by molar-refractivity contribution is 6.09.